The molecule has 0 saturated heterocycles. The lowest BCUT2D eigenvalue weighted by molar-refractivity contribution is 0.416. The fourth-order valence-electron chi connectivity index (χ4n) is 2.89. The van der Waals surface area contributed by atoms with E-state index in [1.165, 1.54) is 5.56 Å². The average molecular weight is 353 g/mol. The number of nitrogens with zero attached hydrogens (tertiary/aromatic N) is 2. The van der Waals surface area contributed by atoms with Crippen LogP contribution in [0.15, 0.2) is 66.9 Å². The molecule has 0 aliphatic rings. The van der Waals surface area contributed by atoms with Crippen LogP contribution in [0.3, 0.4) is 0 Å². The van der Waals surface area contributed by atoms with Gasteiger partial charge in [-0.2, -0.15) is 0 Å². The van der Waals surface area contributed by atoms with Gasteiger partial charge in [0.1, 0.15) is 10.9 Å². The molecule has 25 heavy (non-hydrogen) atoms. The number of hydrogen-bond donors (Lipinski definition) is 0. The van der Waals surface area contributed by atoms with E-state index in [1.54, 1.807) is 13.3 Å². The molecule has 0 amide bonds. The Labute approximate surface area is 153 Å². The number of hydrogen-bond acceptors (Lipinski definition) is 3. The fraction of sp³-hybridized carbons (Fsp3) is 0.190. The SMILES string of the molecule is COc1ccc(N(C)[C@H](C)c2ccccc2)cc1-c1ccnc(Cl)c1. The van der Waals surface area contributed by atoms with Crippen LogP contribution < -0.4 is 9.64 Å². The number of benzene rings is 2. The molecular weight excluding hydrogens is 332 g/mol. The predicted molar refractivity (Wildman–Crippen MR) is 104 cm³/mol. The summed E-state index contributed by atoms with van der Waals surface area (Å²) >= 11 is 6.06. The highest BCUT2D eigenvalue weighted by Crippen LogP contribution is 2.36. The van der Waals surface area contributed by atoms with Crippen LogP contribution in [0.25, 0.3) is 11.1 Å². The highest BCUT2D eigenvalue weighted by Gasteiger charge is 2.15. The van der Waals surface area contributed by atoms with Crippen LogP contribution in [0.4, 0.5) is 5.69 Å². The van der Waals surface area contributed by atoms with E-state index in [1.807, 2.05) is 24.3 Å². The molecule has 0 N–H and O–H groups in total. The average Bonchev–Trinajstić information content (AvgIpc) is 2.67. The molecule has 0 aliphatic carbocycles. The molecular formula is C21H21ClN2O. The molecule has 4 heteroatoms. The fourth-order valence-corrected chi connectivity index (χ4v) is 3.06. The Morgan fingerprint density at radius 1 is 1.04 bits per heavy atom. The van der Waals surface area contributed by atoms with E-state index < -0.39 is 0 Å². The second kappa shape index (κ2) is 7.58. The number of aromatic nitrogens is 1. The first kappa shape index (κ1) is 17.3. The zero-order valence-corrected chi connectivity index (χ0v) is 15.4. The van der Waals surface area contributed by atoms with Crippen LogP contribution in [-0.4, -0.2) is 19.1 Å². The van der Waals surface area contributed by atoms with Crippen molar-refractivity contribution < 1.29 is 4.74 Å². The summed E-state index contributed by atoms with van der Waals surface area (Å²) in [5, 5.41) is 0.468. The van der Waals surface area contributed by atoms with E-state index in [0.717, 1.165) is 22.6 Å². The molecule has 1 atom stereocenters. The lowest BCUT2D eigenvalue weighted by atomic mass is 10.0. The van der Waals surface area contributed by atoms with Gasteiger partial charge in [0.15, 0.2) is 0 Å². The molecule has 3 aromatic rings. The van der Waals surface area contributed by atoms with Gasteiger partial charge in [-0.3, -0.25) is 0 Å². The van der Waals surface area contributed by atoms with E-state index >= 15 is 0 Å². The van der Waals surface area contributed by atoms with Crippen molar-refractivity contribution in [2.75, 3.05) is 19.1 Å². The monoisotopic (exact) mass is 352 g/mol. The standard InChI is InChI=1S/C21H21ClN2O/c1-15(16-7-5-4-6-8-16)24(2)18-9-10-20(25-3)19(14-18)17-11-12-23-21(22)13-17/h4-15H,1-3H3/t15-/m1/s1. The third-order valence-corrected chi connectivity index (χ3v) is 4.70. The minimum absolute atomic E-state index is 0.253. The molecule has 2 aromatic carbocycles. The Morgan fingerprint density at radius 3 is 2.48 bits per heavy atom. The lowest BCUT2D eigenvalue weighted by Gasteiger charge is -2.28. The van der Waals surface area contributed by atoms with Gasteiger partial charge in [-0.1, -0.05) is 41.9 Å². The highest BCUT2D eigenvalue weighted by molar-refractivity contribution is 6.29. The molecule has 3 nitrogen and oxygen atoms in total. The molecule has 0 spiro atoms. The first-order chi connectivity index (χ1) is 12.1. The molecule has 0 radical (unpaired) electrons. The van der Waals surface area contributed by atoms with E-state index in [-0.39, 0.29) is 6.04 Å². The van der Waals surface area contributed by atoms with Gasteiger partial charge in [0.2, 0.25) is 0 Å². The molecule has 0 fully saturated rings. The summed E-state index contributed by atoms with van der Waals surface area (Å²) in [6.45, 7) is 2.20. The molecule has 1 aromatic heterocycles. The maximum atomic E-state index is 6.06. The van der Waals surface area contributed by atoms with Crippen LogP contribution >= 0.6 is 11.6 Å². The summed E-state index contributed by atoms with van der Waals surface area (Å²) in [4.78, 5) is 6.31. The van der Waals surface area contributed by atoms with Crippen molar-refractivity contribution in [1.82, 2.24) is 4.98 Å². The third-order valence-electron chi connectivity index (χ3n) is 4.49. The Balaban J connectivity index is 1.99. The van der Waals surface area contributed by atoms with Crippen molar-refractivity contribution in [3.63, 3.8) is 0 Å². The van der Waals surface area contributed by atoms with Gasteiger partial charge in [0, 0.05) is 24.5 Å². The predicted octanol–water partition coefficient (Wildman–Crippen LogP) is 5.61. The maximum absolute atomic E-state index is 6.06. The molecule has 0 unspecified atom stereocenters. The highest BCUT2D eigenvalue weighted by atomic mass is 35.5. The van der Waals surface area contributed by atoms with Crippen LogP contribution in [0.5, 0.6) is 5.75 Å². The summed E-state index contributed by atoms with van der Waals surface area (Å²) in [7, 11) is 3.78. The van der Waals surface area contributed by atoms with Gasteiger partial charge in [-0.15, -0.1) is 0 Å². The van der Waals surface area contributed by atoms with Crippen molar-refractivity contribution in [2.24, 2.45) is 0 Å². The zero-order chi connectivity index (χ0) is 17.8. The van der Waals surface area contributed by atoms with Gasteiger partial charge in [-0.05, 0) is 48.4 Å². The molecule has 0 bridgehead atoms. The smallest absolute Gasteiger partial charge is 0.129 e. The van der Waals surface area contributed by atoms with Gasteiger partial charge in [0.05, 0.1) is 13.2 Å². The number of anilines is 1. The molecule has 1 heterocycles. The minimum atomic E-state index is 0.253. The van der Waals surface area contributed by atoms with Crippen LogP contribution in [-0.2, 0) is 0 Å². The van der Waals surface area contributed by atoms with Crippen molar-refractivity contribution >= 4 is 17.3 Å². The Morgan fingerprint density at radius 2 is 1.80 bits per heavy atom. The van der Waals surface area contributed by atoms with Crippen molar-refractivity contribution in [3.05, 3.63) is 77.6 Å². The largest absolute Gasteiger partial charge is 0.496 e. The first-order valence-electron chi connectivity index (χ1n) is 8.18. The normalized spacial score (nSPS) is 11.8. The first-order valence-corrected chi connectivity index (χ1v) is 8.55. The lowest BCUT2D eigenvalue weighted by Crippen LogP contribution is -2.21. The maximum Gasteiger partial charge on any atom is 0.129 e. The van der Waals surface area contributed by atoms with E-state index in [9.17, 15) is 0 Å². The third kappa shape index (κ3) is 3.77. The van der Waals surface area contributed by atoms with Crippen LogP contribution in [0.2, 0.25) is 5.15 Å². The van der Waals surface area contributed by atoms with Crippen LogP contribution in [0.1, 0.15) is 18.5 Å². The number of halogens is 1. The zero-order valence-electron chi connectivity index (χ0n) is 14.6. The van der Waals surface area contributed by atoms with E-state index in [4.69, 9.17) is 16.3 Å². The summed E-state index contributed by atoms with van der Waals surface area (Å²) in [5.41, 5.74) is 4.37. The summed E-state index contributed by atoms with van der Waals surface area (Å²) in [6.07, 6.45) is 1.71. The number of rotatable bonds is 5. The second-order valence-corrected chi connectivity index (χ2v) is 6.34. The quantitative estimate of drug-likeness (QED) is 0.558. The van der Waals surface area contributed by atoms with Gasteiger partial charge < -0.3 is 9.64 Å². The minimum Gasteiger partial charge on any atom is -0.496 e. The second-order valence-electron chi connectivity index (χ2n) is 5.95. The summed E-state index contributed by atoms with van der Waals surface area (Å²) < 4.78 is 5.54. The van der Waals surface area contributed by atoms with Crippen LogP contribution in [0, 0.1) is 0 Å². The Hall–Kier alpha value is -2.52. The van der Waals surface area contributed by atoms with Crippen molar-refractivity contribution in [3.8, 4) is 16.9 Å². The summed E-state index contributed by atoms with van der Waals surface area (Å²) in [6, 6.07) is 20.7. The van der Waals surface area contributed by atoms with Gasteiger partial charge in [0.25, 0.3) is 0 Å². The van der Waals surface area contributed by atoms with Gasteiger partial charge >= 0.3 is 0 Å². The molecule has 0 aliphatic heterocycles. The number of pyridine rings is 1. The Bertz CT molecular complexity index is 852. The van der Waals surface area contributed by atoms with E-state index in [0.29, 0.717) is 5.15 Å². The number of ether oxygens (including phenoxy) is 1. The molecule has 128 valence electrons. The molecule has 3 rings (SSSR count). The Kier molecular flexibility index (Phi) is 5.25. The van der Waals surface area contributed by atoms with Crippen molar-refractivity contribution in [1.29, 1.82) is 0 Å². The summed E-state index contributed by atoms with van der Waals surface area (Å²) in [5.74, 6) is 0.812. The van der Waals surface area contributed by atoms with Crippen molar-refractivity contribution in [2.45, 2.75) is 13.0 Å². The topological polar surface area (TPSA) is 25.4 Å². The van der Waals surface area contributed by atoms with E-state index in [2.05, 4.69) is 60.3 Å². The van der Waals surface area contributed by atoms with Gasteiger partial charge in [-0.25, -0.2) is 4.98 Å². The molecule has 0 saturated carbocycles. The number of methoxy groups -OCH3 is 1.